The maximum absolute atomic E-state index is 12.9. The van der Waals surface area contributed by atoms with Gasteiger partial charge in [0, 0.05) is 96.2 Å². The smallest absolute Gasteiger partial charge is 0.311 e. The molecule has 0 bridgehead atoms. The van der Waals surface area contributed by atoms with Crippen LogP contribution in [-0.2, 0) is 9.59 Å². The standard InChI is InChI=1S/C14H19N3O4.C8H8FNO3.C6H12N2O/c1-10-8-13(17(19)20)14(21-3)9-12(10)16-6-4-15(5-7-16)11(2)18;1-5-3-7(10(11)12)8(13-2)4-6(5)9;1-6(9)8-4-2-7-3-5-8/h8-9H,4-7H2,1-3H3;3-4H,1-2H3;7H,2-5H2,1H3. The van der Waals surface area contributed by atoms with Gasteiger partial charge in [-0.1, -0.05) is 0 Å². The lowest BCUT2D eigenvalue weighted by Gasteiger charge is -2.36. The van der Waals surface area contributed by atoms with Gasteiger partial charge in [-0.25, -0.2) is 4.39 Å². The molecule has 2 aliphatic heterocycles. The zero-order valence-electron chi connectivity index (χ0n) is 25.3. The fraction of sp³-hybridized carbons (Fsp3) is 0.500. The van der Waals surface area contributed by atoms with E-state index in [9.17, 15) is 34.2 Å². The molecule has 2 aromatic carbocycles. The summed E-state index contributed by atoms with van der Waals surface area (Å²) in [6.45, 7) is 12.9. The number of methoxy groups -OCH3 is 2. The minimum Gasteiger partial charge on any atom is -0.490 e. The van der Waals surface area contributed by atoms with E-state index in [-0.39, 0.29) is 40.3 Å². The van der Waals surface area contributed by atoms with E-state index in [0.717, 1.165) is 49.6 Å². The third kappa shape index (κ3) is 9.77. The molecular weight excluding hydrogens is 567 g/mol. The molecule has 2 heterocycles. The summed E-state index contributed by atoms with van der Waals surface area (Å²) in [7, 11) is 2.69. The van der Waals surface area contributed by atoms with E-state index in [0.29, 0.717) is 26.2 Å². The molecule has 2 aliphatic rings. The number of carbonyl (C=O) groups is 2. The highest BCUT2D eigenvalue weighted by molar-refractivity contribution is 5.74. The number of nitrogens with one attached hydrogen (secondary N) is 1. The summed E-state index contributed by atoms with van der Waals surface area (Å²) >= 11 is 0. The molecule has 2 amide bonds. The van der Waals surface area contributed by atoms with Crippen molar-refractivity contribution in [3.05, 3.63) is 61.4 Å². The second kappa shape index (κ2) is 16.2. The first-order valence-electron chi connectivity index (χ1n) is 13.6. The number of carbonyl (C=O) groups excluding carboxylic acids is 2. The van der Waals surface area contributed by atoms with E-state index < -0.39 is 15.7 Å². The Kier molecular flexibility index (Phi) is 13.1. The van der Waals surface area contributed by atoms with E-state index >= 15 is 0 Å². The summed E-state index contributed by atoms with van der Waals surface area (Å²) in [6, 6.07) is 5.39. The summed E-state index contributed by atoms with van der Waals surface area (Å²) in [5, 5.41) is 24.6. The predicted octanol–water partition coefficient (Wildman–Crippen LogP) is 3.07. The number of hydrogen-bond acceptors (Lipinski definition) is 10. The number of amides is 2. The van der Waals surface area contributed by atoms with Gasteiger partial charge in [-0.05, 0) is 25.0 Å². The van der Waals surface area contributed by atoms with Crippen LogP contribution in [0, 0.1) is 39.9 Å². The van der Waals surface area contributed by atoms with Crippen LogP contribution in [0.5, 0.6) is 11.5 Å². The Hall–Kier alpha value is -4.53. The molecule has 0 aromatic heterocycles. The first-order valence-corrected chi connectivity index (χ1v) is 13.6. The number of nitrogens with zero attached hydrogens (tertiary/aromatic N) is 5. The molecule has 4 rings (SSSR count). The number of nitro benzene ring substituents is 2. The van der Waals surface area contributed by atoms with Crippen LogP contribution in [-0.4, -0.2) is 98.0 Å². The topological polar surface area (TPSA) is 161 Å². The van der Waals surface area contributed by atoms with Crippen molar-refractivity contribution in [1.82, 2.24) is 15.1 Å². The van der Waals surface area contributed by atoms with Gasteiger partial charge in [0.2, 0.25) is 11.8 Å². The Labute approximate surface area is 249 Å². The highest BCUT2D eigenvalue weighted by Crippen LogP contribution is 2.35. The van der Waals surface area contributed by atoms with Crippen LogP contribution in [0.4, 0.5) is 21.5 Å². The van der Waals surface area contributed by atoms with Crippen LogP contribution >= 0.6 is 0 Å². The number of anilines is 1. The van der Waals surface area contributed by atoms with Crippen molar-refractivity contribution in [3.63, 3.8) is 0 Å². The average Bonchev–Trinajstić information content (AvgIpc) is 2.99. The lowest BCUT2D eigenvalue weighted by molar-refractivity contribution is -0.386. The summed E-state index contributed by atoms with van der Waals surface area (Å²) in [5.41, 5.74) is 1.73. The SMILES string of the molecule is CC(=O)N1CCNCC1.COc1cc(F)c(C)cc1[N+](=O)[O-].COc1cc(N2CCN(C(C)=O)CC2)c(C)cc1[N+](=O)[O-]. The van der Waals surface area contributed by atoms with E-state index in [4.69, 9.17) is 4.74 Å². The van der Waals surface area contributed by atoms with Crippen molar-refractivity contribution in [2.24, 2.45) is 0 Å². The molecule has 14 nitrogen and oxygen atoms in total. The van der Waals surface area contributed by atoms with Gasteiger partial charge in [0.15, 0.2) is 11.5 Å². The van der Waals surface area contributed by atoms with Crippen LogP contribution in [0.3, 0.4) is 0 Å². The van der Waals surface area contributed by atoms with Gasteiger partial charge >= 0.3 is 11.4 Å². The molecule has 0 atom stereocenters. The fourth-order valence-corrected chi connectivity index (χ4v) is 4.51. The van der Waals surface area contributed by atoms with Gasteiger partial charge in [-0.3, -0.25) is 29.8 Å². The summed E-state index contributed by atoms with van der Waals surface area (Å²) < 4.78 is 22.7. The highest BCUT2D eigenvalue weighted by atomic mass is 19.1. The van der Waals surface area contributed by atoms with Gasteiger partial charge < -0.3 is 29.5 Å². The zero-order valence-corrected chi connectivity index (χ0v) is 25.3. The number of aryl methyl sites for hydroxylation is 2. The summed E-state index contributed by atoms with van der Waals surface area (Å²) in [5.74, 6) is -0.0469. The molecule has 0 spiro atoms. The average molecular weight is 607 g/mol. The molecule has 2 saturated heterocycles. The van der Waals surface area contributed by atoms with E-state index in [2.05, 4.69) is 15.0 Å². The maximum Gasteiger partial charge on any atom is 0.311 e. The third-order valence-corrected chi connectivity index (χ3v) is 6.98. The van der Waals surface area contributed by atoms with E-state index in [1.54, 1.807) is 24.8 Å². The lowest BCUT2D eigenvalue weighted by Crippen LogP contribution is -2.48. The molecule has 2 fully saturated rings. The molecule has 1 N–H and O–H groups in total. The monoisotopic (exact) mass is 606 g/mol. The first kappa shape index (κ1) is 34.7. The third-order valence-electron chi connectivity index (χ3n) is 6.98. The van der Waals surface area contributed by atoms with Crippen LogP contribution in [0.25, 0.3) is 0 Å². The Morgan fingerprint density at radius 1 is 0.767 bits per heavy atom. The molecule has 2 aromatic rings. The summed E-state index contributed by atoms with van der Waals surface area (Å²) in [6.07, 6.45) is 0. The Morgan fingerprint density at radius 2 is 1.21 bits per heavy atom. The van der Waals surface area contributed by atoms with E-state index in [1.807, 2.05) is 11.8 Å². The van der Waals surface area contributed by atoms with Gasteiger partial charge in [0.1, 0.15) is 5.82 Å². The highest BCUT2D eigenvalue weighted by Gasteiger charge is 2.24. The molecule has 0 radical (unpaired) electrons. The fourth-order valence-electron chi connectivity index (χ4n) is 4.51. The van der Waals surface area contributed by atoms with Crippen LogP contribution < -0.4 is 19.7 Å². The van der Waals surface area contributed by atoms with Crippen molar-refractivity contribution >= 4 is 28.9 Å². The molecule has 236 valence electrons. The van der Waals surface area contributed by atoms with Gasteiger partial charge in [0.05, 0.1) is 24.1 Å². The minimum atomic E-state index is -0.606. The predicted molar refractivity (Wildman–Crippen MR) is 158 cm³/mol. The van der Waals surface area contributed by atoms with Crippen LogP contribution in [0.1, 0.15) is 25.0 Å². The Morgan fingerprint density at radius 3 is 1.63 bits per heavy atom. The number of hydrogen-bond donors (Lipinski definition) is 1. The molecule has 0 saturated carbocycles. The van der Waals surface area contributed by atoms with Crippen molar-refractivity contribution in [2.45, 2.75) is 27.7 Å². The Balaban J connectivity index is 0.000000249. The van der Waals surface area contributed by atoms with Crippen LogP contribution in [0.2, 0.25) is 0 Å². The maximum atomic E-state index is 12.9. The Bertz CT molecular complexity index is 1310. The quantitative estimate of drug-likeness (QED) is 0.396. The van der Waals surface area contributed by atoms with Crippen molar-refractivity contribution in [1.29, 1.82) is 0 Å². The van der Waals surface area contributed by atoms with Crippen molar-refractivity contribution in [3.8, 4) is 11.5 Å². The number of benzene rings is 2. The second-order valence-corrected chi connectivity index (χ2v) is 9.85. The number of rotatable bonds is 5. The molecule has 0 aliphatic carbocycles. The number of nitro groups is 2. The minimum absolute atomic E-state index is 0.0267. The molecule has 43 heavy (non-hydrogen) atoms. The van der Waals surface area contributed by atoms with E-state index in [1.165, 1.54) is 27.2 Å². The molecular formula is C28H39FN6O8. The molecule has 15 heteroatoms. The normalized spacial score (nSPS) is 14.4. The lowest BCUT2D eigenvalue weighted by atomic mass is 10.1. The van der Waals surface area contributed by atoms with Crippen molar-refractivity contribution in [2.75, 3.05) is 71.5 Å². The van der Waals surface area contributed by atoms with Gasteiger partial charge in [-0.2, -0.15) is 0 Å². The largest absolute Gasteiger partial charge is 0.490 e. The first-order chi connectivity index (χ1) is 20.3. The molecule has 0 unspecified atom stereocenters. The van der Waals surface area contributed by atoms with Crippen LogP contribution in [0.15, 0.2) is 24.3 Å². The number of ether oxygens (including phenoxy) is 2. The van der Waals surface area contributed by atoms with Gasteiger partial charge in [0.25, 0.3) is 0 Å². The van der Waals surface area contributed by atoms with Crippen molar-refractivity contribution < 1.29 is 33.3 Å². The summed E-state index contributed by atoms with van der Waals surface area (Å²) in [4.78, 5) is 48.2. The number of halogens is 1. The number of piperazine rings is 2. The zero-order chi connectivity index (χ0) is 32.3. The second-order valence-electron chi connectivity index (χ2n) is 9.85. The van der Waals surface area contributed by atoms with Gasteiger partial charge in [-0.15, -0.1) is 0 Å².